The standard InChI is InChI=1S/C14H18ClN3O/c1-19-14-10-11(2-3-12(14)15)13(4-5-16)18-8-6-17-7-9-18/h2-3,10,13,17H,4,6-9H2,1H3/t13-/m0/s1. The molecule has 1 saturated heterocycles. The van der Waals surface area contributed by atoms with Crippen LogP contribution in [0.3, 0.4) is 0 Å². The summed E-state index contributed by atoms with van der Waals surface area (Å²) in [6.07, 6.45) is 0.477. The summed E-state index contributed by atoms with van der Waals surface area (Å²) >= 11 is 6.05. The van der Waals surface area contributed by atoms with E-state index < -0.39 is 0 Å². The van der Waals surface area contributed by atoms with E-state index in [1.165, 1.54) is 0 Å². The second kappa shape index (κ2) is 6.76. The van der Waals surface area contributed by atoms with E-state index in [0.717, 1.165) is 31.7 Å². The first kappa shape index (κ1) is 14.1. The summed E-state index contributed by atoms with van der Waals surface area (Å²) in [5.74, 6) is 0.664. The molecule has 5 heteroatoms. The van der Waals surface area contributed by atoms with Gasteiger partial charge in [0.25, 0.3) is 0 Å². The second-order valence-electron chi connectivity index (χ2n) is 4.56. The summed E-state index contributed by atoms with van der Waals surface area (Å²) in [6.45, 7) is 3.84. The Morgan fingerprint density at radius 1 is 1.47 bits per heavy atom. The van der Waals surface area contributed by atoms with Gasteiger partial charge >= 0.3 is 0 Å². The van der Waals surface area contributed by atoms with Crippen molar-refractivity contribution in [2.24, 2.45) is 0 Å². The molecule has 4 nitrogen and oxygen atoms in total. The van der Waals surface area contributed by atoms with Crippen LogP contribution in [0.15, 0.2) is 18.2 Å². The SMILES string of the molecule is COc1cc([C@H](CC#N)N2CCNCC2)ccc1Cl. The molecule has 0 spiro atoms. The minimum Gasteiger partial charge on any atom is -0.495 e. The molecule has 0 saturated carbocycles. The topological polar surface area (TPSA) is 48.3 Å². The van der Waals surface area contributed by atoms with Crippen LogP contribution >= 0.6 is 11.6 Å². The van der Waals surface area contributed by atoms with Gasteiger partial charge in [-0.05, 0) is 17.7 Å². The van der Waals surface area contributed by atoms with E-state index in [1.54, 1.807) is 7.11 Å². The highest BCUT2D eigenvalue weighted by molar-refractivity contribution is 6.32. The van der Waals surface area contributed by atoms with Gasteiger partial charge in [-0.15, -0.1) is 0 Å². The molecule has 102 valence electrons. The minimum atomic E-state index is 0.110. The molecule has 2 rings (SSSR count). The van der Waals surface area contributed by atoms with Crippen molar-refractivity contribution in [3.63, 3.8) is 0 Å². The number of hydrogen-bond acceptors (Lipinski definition) is 4. The van der Waals surface area contributed by atoms with E-state index in [2.05, 4.69) is 16.3 Å². The largest absolute Gasteiger partial charge is 0.495 e. The third kappa shape index (κ3) is 3.38. The Balaban J connectivity index is 2.25. The van der Waals surface area contributed by atoms with Gasteiger partial charge in [0, 0.05) is 32.2 Å². The highest BCUT2D eigenvalue weighted by atomic mass is 35.5. The van der Waals surface area contributed by atoms with Crippen LogP contribution < -0.4 is 10.1 Å². The Morgan fingerprint density at radius 3 is 2.84 bits per heavy atom. The van der Waals surface area contributed by atoms with Crippen LogP contribution in [0.1, 0.15) is 18.0 Å². The van der Waals surface area contributed by atoms with Gasteiger partial charge in [-0.2, -0.15) is 5.26 Å². The Labute approximate surface area is 118 Å². The zero-order valence-electron chi connectivity index (χ0n) is 11.0. The maximum Gasteiger partial charge on any atom is 0.137 e. The van der Waals surface area contributed by atoms with Gasteiger partial charge in [0.05, 0.1) is 24.6 Å². The van der Waals surface area contributed by atoms with Crippen molar-refractivity contribution >= 4 is 11.6 Å². The molecule has 0 radical (unpaired) electrons. The van der Waals surface area contributed by atoms with Crippen molar-refractivity contribution in [2.45, 2.75) is 12.5 Å². The van der Waals surface area contributed by atoms with Crippen LogP contribution in [0.5, 0.6) is 5.75 Å². The molecule has 0 aromatic heterocycles. The monoisotopic (exact) mass is 279 g/mol. The van der Waals surface area contributed by atoms with E-state index in [4.69, 9.17) is 21.6 Å². The van der Waals surface area contributed by atoms with Crippen LogP contribution in [0.25, 0.3) is 0 Å². The summed E-state index contributed by atoms with van der Waals surface area (Å²) in [5, 5.41) is 13.0. The fraction of sp³-hybridized carbons (Fsp3) is 0.500. The molecule has 1 fully saturated rings. The minimum absolute atomic E-state index is 0.110. The summed E-state index contributed by atoms with van der Waals surface area (Å²) in [5.41, 5.74) is 1.09. The predicted molar refractivity (Wildman–Crippen MR) is 75.4 cm³/mol. The quantitative estimate of drug-likeness (QED) is 0.918. The van der Waals surface area contributed by atoms with E-state index >= 15 is 0 Å². The van der Waals surface area contributed by atoms with Crippen LogP contribution in [-0.2, 0) is 0 Å². The third-order valence-electron chi connectivity index (χ3n) is 3.44. The number of nitrogens with zero attached hydrogens (tertiary/aromatic N) is 2. The van der Waals surface area contributed by atoms with Crippen LogP contribution in [0.4, 0.5) is 0 Å². The average Bonchev–Trinajstić information content (AvgIpc) is 2.46. The maximum absolute atomic E-state index is 9.06. The lowest BCUT2D eigenvalue weighted by Crippen LogP contribution is -2.45. The Kier molecular flexibility index (Phi) is 5.03. The van der Waals surface area contributed by atoms with Crippen LogP contribution in [0.2, 0.25) is 5.02 Å². The number of rotatable bonds is 4. The number of hydrogen-bond donors (Lipinski definition) is 1. The number of methoxy groups -OCH3 is 1. The van der Waals surface area contributed by atoms with Crippen LogP contribution in [0, 0.1) is 11.3 Å². The van der Waals surface area contributed by atoms with Gasteiger partial charge in [-0.3, -0.25) is 4.90 Å². The van der Waals surface area contributed by atoms with Gasteiger partial charge in [-0.1, -0.05) is 17.7 Å². The zero-order valence-corrected chi connectivity index (χ0v) is 11.8. The van der Waals surface area contributed by atoms with Gasteiger partial charge < -0.3 is 10.1 Å². The van der Waals surface area contributed by atoms with Gasteiger partial charge in [0.15, 0.2) is 0 Å². The van der Waals surface area contributed by atoms with Gasteiger partial charge in [0.2, 0.25) is 0 Å². The van der Waals surface area contributed by atoms with Crippen molar-refractivity contribution in [1.82, 2.24) is 10.2 Å². The lowest BCUT2D eigenvalue weighted by molar-refractivity contribution is 0.175. The van der Waals surface area contributed by atoms with E-state index in [1.807, 2.05) is 18.2 Å². The number of nitriles is 1. The van der Waals surface area contributed by atoms with Gasteiger partial charge in [-0.25, -0.2) is 0 Å². The molecule has 0 bridgehead atoms. The highest BCUT2D eigenvalue weighted by Crippen LogP contribution is 2.31. The molecule has 1 aliphatic heterocycles. The van der Waals surface area contributed by atoms with Crippen molar-refractivity contribution in [1.29, 1.82) is 5.26 Å². The molecule has 1 N–H and O–H groups in total. The number of piperazine rings is 1. The van der Waals surface area contributed by atoms with Crippen molar-refractivity contribution in [2.75, 3.05) is 33.3 Å². The molecule has 19 heavy (non-hydrogen) atoms. The molecule has 1 aliphatic rings. The molecular formula is C14H18ClN3O. The fourth-order valence-corrected chi connectivity index (χ4v) is 2.62. The first-order chi connectivity index (χ1) is 9.26. The molecule has 0 amide bonds. The molecule has 1 aromatic carbocycles. The Morgan fingerprint density at radius 2 is 2.21 bits per heavy atom. The highest BCUT2D eigenvalue weighted by Gasteiger charge is 2.22. The smallest absolute Gasteiger partial charge is 0.137 e. The third-order valence-corrected chi connectivity index (χ3v) is 3.75. The van der Waals surface area contributed by atoms with E-state index in [-0.39, 0.29) is 6.04 Å². The van der Waals surface area contributed by atoms with Crippen molar-refractivity contribution in [3.8, 4) is 11.8 Å². The summed E-state index contributed by atoms with van der Waals surface area (Å²) in [7, 11) is 1.61. The van der Waals surface area contributed by atoms with Gasteiger partial charge in [0.1, 0.15) is 5.75 Å². The second-order valence-corrected chi connectivity index (χ2v) is 4.97. The number of nitrogens with one attached hydrogen (secondary N) is 1. The molecule has 0 aliphatic carbocycles. The molecule has 1 heterocycles. The fourth-order valence-electron chi connectivity index (χ4n) is 2.42. The first-order valence-corrected chi connectivity index (χ1v) is 6.79. The first-order valence-electron chi connectivity index (χ1n) is 6.41. The summed E-state index contributed by atoms with van der Waals surface area (Å²) in [6, 6.07) is 8.14. The Bertz CT molecular complexity index is 466. The van der Waals surface area contributed by atoms with Crippen molar-refractivity contribution < 1.29 is 4.74 Å². The van der Waals surface area contributed by atoms with E-state index in [0.29, 0.717) is 17.2 Å². The normalized spacial score (nSPS) is 17.7. The number of halogens is 1. The molecular weight excluding hydrogens is 262 g/mol. The summed E-state index contributed by atoms with van der Waals surface area (Å²) in [4.78, 5) is 2.34. The summed E-state index contributed by atoms with van der Waals surface area (Å²) < 4.78 is 5.26. The van der Waals surface area contributed by atoms with Crippen LogP contribution in [-0.4, -0.2) is 38.2 Å². The lowest BCUT2D eigenvalue weighted by atomic mass is 10.0. The maximum atomic E-state index is 9.06. The molecule has 0 unspecified atom stereocenters. The number of benzene rings is 1. The molecule has 1 aromatic rings. The Hall–Kier alpha value is -1.28. The predicted octanol–water partition coefficient (Wildman–Crippen LogP) is 2.21. The average molecular weight is 280 g/mol. The lowest BCUT2D eigenvalue weighted by Gasteiger charge is -2.34. The van der Waals surface area contributed by atoms with E-state index in [9.17, 15) is 0 Å². The molecule has 1 atom stereocenters. The number of ether oxygens (including phenoxy) is 1. The zero-order chi connectivity index (χ0) is 13.7. The van der Waals surface area contributed by atoms with Crippen molar-refractivity contribution in [3.05, 3.63) is 28.8 Å².